The van der Waals surface area contributed by atoms with Gasteiger partial charge >= 0.3 is 0 Å². The first-order valence-corrected chi connectivity index (χ1v) is 5.26. The zero-order valence-corrected chi connectivity index (χ0v) is 9.73. The maximum Gasteiger partial charge on any atom is 0.0720 e. The quantitative estimate of drug-likeness (QED) is 0.518. The number of hydrogen-bond acceptors (Lipinski definition) is 4. The summed E-state index contributed by atoms with van der Waals surface area (Å²) < 4.78 is 5.50. The summed E-state index contributed by atoms with van der Waals surface area (Å²) in [6.45, 7) is 4.65. The molecule has 0 radical (unpaired) electrons. The molecule has 0 aliphatic heterocycles. The number of ether oxygens (including phenoxy) is 1. The lowest BCUT2D eigenvalue weighted by Crippen LogP contribution is -2.16. The minimum Gasteiger partial charge on any atom is -0.397 e. The summed E-state index contributed by atoms with van der Waals surface area (Å²) in [5.41, 5.74) is 10.9. The first-order chi connectivity index (χ1) is 7.63. The van der Waals surface area contributed by atoms with Gasteiger partial charge in [0, 0.05) is 6.20 Å². The van der Waals surface area contributed by atoms with Gasteiger partial charge < -0.3 is 15.9 Å². The molecule has 0 bridgehead atoms. The minimum absolute atomic E-state index is 0.242. The van der Waals surface area contributed by atoms with Crippen LogP contribution in [0.1, 0.15) is 25.0 Å². The molecule has 0 aliphatic carbocycles. The zero-order valence-electron chi connectivity index (χ0n) is 9.73. The molecule has 4 heteroatoms. The third-order valence-electron chi connectivity index (χ3n) is 2.11. The number of nitrogens with two attached hydrogens (primary N) is 2. The van der Waals surface area contributed by atoms with Crippen molar-refractivity contribution < 1.29 is 4.74 Å². The highest BCUT2D eigenvalue weighted by molar-refractivity contribution is 5.62. The van der Waals surface area contributed by atoms with Crippen LogP contribution in [0, 0.1) is 0 Å². The lowest BCUT2D eigenvalue weighted by atomic mass is 10.1. The van der Waals surface area contributed by atoms with E-state index in [-0.39, 0.29) is 6.10 Å². The van der Waals surface area contributed by atoms with Crippen molar-refractivity contribution in [2.45, 2.75) is 26.6 Å². The maximum atomic E-state index is 5.77. The van der Waals surface area contributed by atoms with Gasteiger partial charge in [-0.3, -0.25) is 5.84 Å². The fraction of sp³-hybridized carbons (Fsp3) is 0.333. The Morgan fingerprint density at radius 2 is 2.00 bits per heavy atom. The van der Waals surface area contributed by atoms with Crippen LogP contribution in [0.4, 0.5) is 0 Å². The molecule has 0 saturated heterocycles. The van der Waals surface area contributed by atoms with Gasteiger partial charge in [0.05, 0.1) is 18.4 Å². The van der Waals surface area contributed by atoms with Crippen LogP contribution in [-0.2, 0) is 11.3 Å². The smallest absolute Gasteiger partial charge is 0.0720 e. The van der Waals surface area contributed by atoms with Gasteiger partial charge in [-0.25, -0.2) is 0 Å². The van der Waals surface area contributed by atoms with Crippen molar-refractivity contribution in [1.82, 2.24) is 5.43 Å². The van der Waals surface area contributed by atoms with Crippen LogP contribution in [0.25, 0.3) is 5.70 Å². The highest BCUT2D eigenvalue weighted by atomic mass is 16.5. The van der Waals surface area contributed by atoms with E-state index in [9.17, 15) is 0 Å². The number of benzene rings is 1. The third-order valence-corrected chi connectivity index (χ3v) is 2.11. The van der Waals surface area contributed by atoms with Crippen LogP contribution in [-0.4, -0.2) is 6.10 Å². The summed E-state index contributed by atoms with van der Waals surface area (Å²) in [7, 11) is 0. The van der Waals surface area contributed by atoms with Crippen LogP contribution in [0.5, 0.6) is 0 Å². The Kier molecular flexibility index (Phi) is 4.82. The summed E-state index contributed by atoms with van der Waals surface area (Å²) in [4.78, 5) is 0. The van der Waals surface area contributed by atoms with E-state index >= 15 is 0 Å². The van der Waals surface area contributed by atoms with E-state index in [0.29, 0.717) is 12.3 Å². The molecule has 1 aromatic carbocycles. The Morgan fingerprint density at radius 1 is 1.38 bits per heavy atom. The lowest BCUT2D eigenvalue weighted by Gasteiger charge is -2.08. The summed E-state index contributed by atoms with van der Waals surface area (Å²) >= 11 is 0. The summed E-state index contributed by atoms with van der Waals surface area (Å²) in [6.07, 6.45) is 1.80. The summed E-state index contributed by atoms with van der Waals surface area (Å²) in [6, 6.07) is 7.88. The molecular formula is C12H19N3O. The van der Waals surface area contributed by atoms with E-state index < -0.39 is 0 Å². The molecule has 16 heavy (non-hydrogen) atoms. The van der Waals surface area contributed by atoms with E-state index in [1.165, 1.54) is 0 Å². The van der Waals surface area contributed by atoms with E-state index in [4.69, 9.17) is 16.3 Å². The molecule has 0 saturated carbocycles. The van der Waals surface area contributed by atoms with Crippen LogP contribution in [0.2, 0.25) is 0 Å². The number of hydrazine groups is 1. The van der Waals surface area contributed by atoms with E-state index in [1.54, 1.807) is 6.20 Å². The van der Waals surface area contributed by atoms with Gasteiger partial charge in [-0.1, -0.05) is 24.3 Å². The fourth-order valence-corrected chi connectivity index (χ4v) is 1.23. The Bertz CT molecular complexity index is 344. The Morgan fingerprint density at radius 3 is 2.50 bits per heavy atom. The van der Waals surface area contributed by atoms with Gasteiger partial charge in [-0.2, -0.15) is 0 Å². The van der Waals surface area contributed by atoms with Gasteiger partial charge in [0.25, 0.3) is 0 Å². The number of rotatable bonds is 5. The fourth-order valence-electron chi connectivity index (χ4n) is 1.23. The second-order valence-electron chi connectivity index (χ2n) is 3.82. The molecule has 0 spiro atoms. The molecule has 1 rings (SSSR count). The zero-order chi connectivity index (χ0) is 12.0. The molecule has 0 amide bonds. The van der Waals surface area contributed by atoms with Gasteiger partial charge in [0.15, 0.2) is 0 Å². The average Bonchev–Trinajstić information content (AvgIpc) is 2.27. The second-order valence-corrected chi connectivity index (χ2v) is 3.82. The largest absolute Gasteiger partial charge is 0.397 e. The molecule has 0 atom stereocenters. The van der Waals surface area contributed by atoms with Gasteiger partial charge in [-0.15, -0.1) is 0 Å². The molecule has 5 N–H and O–H groups in total. The standard InChI is InChI=1S/C12H19N3O/c1-9(2)16-8-10-3-5-11(6-4-10)12(13)7-15-14/h3-7,9,15H,8,13-14H2,1-2H3/b12-7-. The first-order valence-electron chi connectivity index (χ1n) is 5.26. The van der Waals surface area contributed by atoms with E-state index in [1.807, 2.05) is 38.1 Å². The van der Waals surface area contributed by atoms with Crippen LogP contribution in [0.15, 0.2) is 30.5 Å². The second kappa shape index (κ2) is 6.15. The van der Waals surface area contributed by atoms with Crippen molar-refractivity contribution in [2.24, 2.45) is 11.6 Å². The molecule has 1 aromatic rings. The topological polar surface area (TPSA) is 73.3 Å². The normalized spacial score (nSPS) is 11.9. The predicted molar refractivity (Wildman–Crippen MR) is 65.9 cm³/mol. The molecule has 0 unspecified atom stereocenters. The van der Waals surface area contributed by atoms with Crippen molar-refractivity contribution >= 4 is 5.70 Å². The van der Waals surface area contributed by atoms with Crippen molar-refractivity contribution in [3.05, 3.63) is 41.6 Å². The number of hydrogen-bond donors (Lipinski definition) is 3. The first kappa shape index (κ1) is 12.5. The Balaban J connectivity index is 2.64. The molecule has 0 heterocycles. The van der Waals surface area contributed by atoms with Crippen molar-refractivity contribution in [3.8, 4) is 0 Å². The van der Waals surface area contributed by atoms with Gasteiger partial charge in [0.2, 0.25) is 0 Å². The highest BCUT2D eigenvalue weighted by Gasteiger charge is 1.98. The Hall–Kier alpha value is -1.52. The molecule has 4 nitrogen and oxygen atoms in total. The van der Waals surface area contributed by atoms with Crippen LogP contribution >= 0.6 is 0 Å². The van der Waals surface area contributed by atoms with Crippen LogP contribution in [0.3, 0.4) is 0 Å². The molecule has 0 fully saturated rings. The summed E-state index contributed by atoms with van der Waals surface area (Å²) in [5, 5.41) is 0. The Labute approximate surface area is 96.2 Å². The van der Waals surface area contributed by atoms with Crippen molar-refractivity contribution in [2.75, 3.05) is 0 Å². The van der Waals surface area contributed by atoms with Gasteiger partial charge in [0.1, 0.15) is 0 Å². The minimum atomic E-state index is 0.242. The van der Waals surface area contributed by atoms with E-state index in [0.717, 1.165) is 11.1 Å². The monoisotopic (exact) mass is 221 g/mol. The molecule has 0 aliphatic rings. The SMILES string of the molecule is CC(C)OCc1ccc(/C(N)=C/NN)cc1. The molecular weight excluding hydrogens is 202 g/mol. The van der Waals surface area contributed by atoms with E-state index in [2.05, 4.69) is 5.43 Å². The van der Waals surface area contributed by atoms with Crippen LogP contribution < -0.4 is 17.0 Å². The molecule has 0 aromatic heterocycles. The average molecular weight is 221 g/mol. The number of nitrogens with one attached hydrogen (secondary N) is 1. The van der Waals surface area contributed by atoms with Crippen molar-refractivity contribution in [3.63, 3.8) is 0 Å². The van der Waals surface area contributed by atoms with Crippen molar-refractivity contribution in [1.29, 1.82) is 0 Å². The van der Waals surface area contributed by atoms with Gasteiger partial charge in [-0.05, 0) is 25.0 Å². The maximum absolute atomic E-state index is 5.77. The third kappa shape index (κ3) is 3.92. The lowest BCUT2D eigenvalue weighted by molar-refractivity contribution is 0.0657. The molecule has 88 valence electrons. The predicted octanol–water partition coefficient (Wildman–Crippen LogP) is 1.33. The highest BCUT2D eigenvalue weighted by Crippen LogP contribution is 2.11. The summed E-state index contributed by atoms with van der Waals surface area (Å²) in [5.74, 6) is 5.15.